The molecule has 92 valence electrons. The molecular formula is C12H23N3O. The van der Waals surface area contributed by atoms with Gasteiger partial charge in [-0.3, -0.25) is 4.79 Å². The molecule has 16 heavy (non-hydrogen) atoms. The van der Waals surface area contributed by atoms with Crippen LogP contribution in [0.2, 0.25) is 0 Å². The van der Waals surface area contributed by atoms with Crippen LogP contribution in [0.5, 0.6) is 0 Å². The Balaban J connectivity index is 1.66. The number of rotatable bonds is 3. The molecule has 2 rings (SSSR count). The zero-order chi connectivity index (χ0) is 11.2. The average Bonchev–Trinajstić information content (AvgIpc) is 2.53. The fourth-order valence-corrected chi connectivity index (χ4v) is 2.57. The van der Waals surface area contributed by atoms with Gasteiger partial charge in [0.05, 0.1) is 0 Å². The molecule has 0 atom stereocenters. The number of nitrogens with one attached hydrogen (secondary N) is 2. The Morgan fingerprint density at radius 2 is 2.00 bits per heavy atom. The van der Waals surface area contributed by atoms with E-state index in [9.17, 15) is 4.79 Å². The summed E-state index contributed by atoms with van der Waals surface area (Å²) in [5.41, 5.74) is 0. The zero-order valence-electron chi connectivity index (χ0n) is 10.0. The van der Waals surface area contributed by atoms with E-state index in [1.54, 1.807) is 0 Å². The summed E-state index contributed by atoms with van der Waals surface area (Å²) < 4.78 is 0. The topological polar surface area (TPSA) is 44.4 Å². The molecule has 0 spiro atoms. The maximum absolute atomic E-state index is 11.2. The van der Waals surface area contributed by atoms with Crippen molar-refractivity contribution < 1.29 is 4.79 Å². The maximum atomic E-state index is 11.2. The standard InChI is InChI=1S/C12H23N3O/c16-12-4-9-15(10-7-14-12)8-3-11-1-5-13-6-2-11/h11,13H,1-10H2,(H,14,16). The molecule has 1 amide bonds. The quantitative estimate of drug-likeness (QED) is 0.721. The molecule has 0 aromatic carbocycles. The highest BCUT2D eigenvalue weighted by Gasteiger charge is 2.16. The first-order valence-electron chi connectivity index (χ1n) is 6.54. The van der Waals surface area contributed by atoms with Crippen molar-refractivity contribution in [3.63, 3.8) is 0 Å². The van der Waals surface area contributed by atoms with Crippen molar-refractivity contribution in [3.05, 3.63) is 0 Å². The van der Waals surface area contributed by atoms with E-state index in [0.29, 0.717) is 6.42 Å². The van der Waals surface area contributed by atoms with Crippen LogP contribution < -0.4 is 10.6 Å². The Morgan fingerprint density at radius 1 is 1.19 bits per heavy atom. The van der Waals surface area contributed by atoms with Gasteiger partial charge in [-0.1, -0.05) is 0 Å². The molecule has 0 aromatic heterocycles. The molecule has 2 aliphatic heterocycles. The highest BCUT2D eigenvalue weighted by atomic mass is 16.1. The molecule has 4 nitrogen and oxygen atoms in total. The van der Waals surface area contributed by atoms with E-state index >= 15 is 0 Å². The first-order chi connectivity index (χ1) is 7.84. The molecule has 0 unspecified atom stereocenters. The van der Waals surface area contributed by atoms with Crippen molar-refractivity contribution in [3.8, 4) is 0 Å². The summed E-state index contributed by atoms with van der Waals surface area (Å²) in [5.74, 6) is 1.11. The number of carbonyl (C=O) groups is 1. The van der Waals surface area contributed by atoms with E-state index in [1.165, 1.54) is 38.9 Å². The van der Waals surface area contributed by atoms with Crippen LogP contribution in [0.4, 0.5) is 0 Å². The summed E-state index contributed by atoms with van der Waals surface area (Å²) in [7, 11) is 0. The van der Waals surface area contributed by atoms with Crippen molar-refractivity contribution in [2.75, 3.05) is 39.3 Å². The Morgan fingerprint density at radius 3 is 2.81 bits per heavy atom. The van der Waals surface area contributed by atoms with Crippen LogP contribution in [-0.2, 0) is 4.79 Å². The van der Waals surface area contributed by atoms with Crippen molar-refractivity contribution in [1.29, 1.82) is 0 Å². The molecule has 0 bridgehead atoms. The summed E-state index contributed by atoms with van der Waals surface area (Å²) in [6.45, 7) is 6.33. The molecule has 2 saturated heterocycles. The van der Waals surface area contributed by atoms with Crippen molar-refractivity contribution in [2.45, 2.75) is 25.7 Å². The second-order valence-corrected chi connectivity index (χ2v) is 4.92. The van der Waals surface area contributed by atoms with Crippen molar-refractivity contribution >= 4 is 5.91 Å². The highest BCUT2D eigenvalue weighted by Crippen LogP contribution is 2.16. The Labute approximate surface area is 97.8 Å². The first-order valence-corrected chi connectivity index (χ1v) is 6.54. The lowest BCUT2D eigenvalue weighted by atomic mass is 9.94. The Bertz CT molecular complexity index is 226. The second-order valence-electron chi connectivity index (χ2n) is 4.92. The van der Waals surface area contributed by atoms with E-state index in [4.69, 9.17) is 0 Å². The van der Waals surface area contributed by atoms with Crippen LogP contribution in [0.25, 0.3) is 0 Å². The number of hydrogen-bond acceptors (Lipinski definition) is 3. The third-order valence-corrected chi connectivity index (χ3v) is 3.72. The predicted molar refractivity (Wildman–Crippen MR) is 64.3 cm³/mol. The maximum Gasteiger partial charge on any atom is 0.221 e. The lowest BCUT2D eigenvalue weighted by Gasteiger charge is -2.26. The van der Waals surface area contributed by atoms with Crippen LogP contribution in [0.15, 0.2) is 0 Å². The minimum atomic E-state index is 0.212. The van der Waals surface area contributed by atoms with Crippen LogP contribution in [-0.4, -0.2) is 50.1 Å². The molecule has 4 heteroatoms. The van der Waals surface area contributed by atoms with Gasteiger partial charge in [-0.15, -0.1) is 0 Å². The smallest absolute Gasteiger partial charge is 0.221 e. The van der Waals surface area contributed by atoms with Crippen molar-refractivity contribution in [1.82, 2.24) is 15.5 Å². The van der Waals surface area contributed by atoms with Crippen molar-refractivity contribution in [2.24, 2.45) is 5.92 Å². The number of amides is 1. The van der Waals surface area contributed by atoms with Crippen LogP contribution >= 0.6 is 0 Å². The van der Waals surface area contributed by atoms with Gasteiger partial charge >= 0.3 is 0 Å². The predicted octanol–water partition coefficient (Wildman–Crippen LogP) is 0.198. The van der Waals surface area contributed by atoms with Crippen LogP contribution in [0.1, 0.15) is 25.7 Å². The SMILES string of the molecule is O=C1CCN(CCC2CCNCC2)CCN1. The van der Waals surface area contributed by atoms with Gasteiger partial charge in [0.25, 0.3) is 0 Å². The van der Waals surface area contributed by atoms with Gasteiger partial charge in [0.2, 0.25) is 5.91 Å². The summed E-state index contributed by atoms with van der Waals surface area (Å²) in [6.07, 6.45) is 4.62. The molecule has 2 N–H and O–H groups in total. The average molecular weight is 225 g/mol. The van der Waals surface area contributed by atoms with E-state index in [0.717, 1.165) is 25.6 Å². The van der Waals surface area contributed by atoms with E-state index in [2.05, 4.69) is 15.5 Å². The summed E-state index contributed by atoms with van der Waals surface area (Å²) in [5, 5.41) is 6.32. The number of carbonyl (C=O) groups excluding carboxylic acids is 1. The molecular weight excluding hydrogens is 202 g/mol. The highest BCUT2D eigenvalue weighted by molar-refractivity contribution is 5.76. The number of piperidine rings is 1. The molecule has 0 aliphatic carbocycles. The Kier molecular flexibility index (Phi) is 4.60. The molecule has 0 aromatic rings. The Hall–Kier alpha value is -0.610. The second kappa shape index (κ2) is 6.21. The van der Waals surface area contributed by atoms with Gasteiger partial charge in [0.1, 0.15) is 0 Å². The van der Waals surface area contributed by atoms with Gasteiger partial charge in [-0.05, 0) is 44.8 Å². The van der Waals surface area contributed by atoms with Gasteiger partial charge in [0, 0.05) is 26.1 Å². The summed E-state index contributed by atoms with van der Waals surface area (Å²) in [6, 6.07) is 0. The number of hydrogen-bond donors (Lipinski definition) is 2. The minimum Gasteiger partial charge on any atom is -0.355 e. The minimum absolute atomic E-state index is 0.212. The summed E-state index contributed by atoms with van der Waals surface area (Å²) in [4.78, 5) is 13.6. The largest absolute Gasteiger partial charge is 0.355 e. The molecule has 0 radical (unpaired) electrons. The normalized spacial score (nSPS) is 25.1. The fraction of sp³-hybridized carbons (Fsp3) is 0.917. The lowest BCUT2D eigenvalue weighted by Crippen LogP contribution is -2.33. The summed E-state index contributed by atoms with van der Waals surface area (Å²) >= 11 is 0. The third-order valence-electron chi connectivity index (χ3n) is 3.72. The monoisotopic (exact) mass is 225 g/mol. The first kappa shape index (κ1) is 11.9. The van der Waals surface area contributed by atoms with Crippen LogP contribution in [0.3, 0.4) is 0 Å². The van der Waals surface area contributed by atoms with Gasteiger partial charge in [0.15, 0.2) is 0 Å². The van der Waals surface area contributed by atoms with E-state index in [-0.39, 0.29) is 5.91 Å². The third kappa shape index (κ3) is 3.76. The van der Waals surface area contributed by atoms with Gasteiger partial charge in [-0.2, -0.15) is 0 Å². The van der Waals surface area contributed by atoms with E-state index in [1.807, 2.05) is 0 Å². The van der Waals surface area contributed by atoms with E-state index < -0.39 is 0 Å². The van der Waals surface area contributed by atoms with Gasteiger partial charge < -0.3 is 15.5 Å². The molecule has 2 fully saturated rings. The molecule has 2 aliphatic rings. The lowest BCUT2D eigenvalue weighted by molar-refractivity contribution is -0.120. The zero-order valence-corrected chi connectivity index (χ0v) is 10.0. The molecule has 2 heterocycles. The fourth-order valence-electron chi connectivity index (χ4n) is 2.57. The van der Waals surface area contributed by atoms with Gasteiger partial charge in [-0.25, -0.2) is 0 Å². The number of nitrogens with zero attached hydrogens (tertiary/aromatic N) is 1. The molecule has 0 saturated carbocycles. The van der Waals surface area contributed by atoms with Crippen LogP contribution in [0, 0.1) is 5.92 Å².